The SMILES string of the molecule is N[C@@H]1CCC[C@@H]1C(=O)N1CC[C@H](COCc2ccccc2)C1. The van der Waals surface area contributed by atoms with Crippen LogP contribution in [0.2, 0.25) is 0 Å². The summed E-state index contributed by atoms with van der Waals surface area (Å²) in [6, 6.07) is 10.3. The number of amides is 1. The molecule has 0 radical (unpaired) electrons. The number of rotatable bonds is 5. The monoisotopic (exact) mass is 302 g/mol. The third-order valence-electron chi connectivity index (χ3n) is 4.95. The molecule has 120 valence electrons. The Labute approximate surface area is 132 Å². The molecule has 2 N–H and O–H groups in total. The minimum Gasteiger partial charge on any atom is -0.376 e. The molecule has 0 spiro atoms. The fourth-order valence-electron chi connectivity index (χ4n) is 3.62. The van der Waals surface area contributed by atoms with Crippen molar-refractivity contribution in [3.8, 4) is 0 Å². The van der Waals surface area contributed by atoms with Gasteiger partial charge in [0.2, 0.25) is 5.91 Å². The average molecular weight is 302 g/mol. The molecular weight excluding hydrogens is 276 g/mol. The lowest BCUT2D eigenvalue weighted by molar-refractivity contribution is -0.134. The van der Waals surface area contributed by atoms with E-state index in [0.717, 1.165) is 45.4 Å². The van der Waals surface area contributed by atoms with Crippen LogP contribution in [0.5, 0.6) is 0 Å². The van der Waals surface area contributed by atoms with Crippen molar-refractivity contribution in [3.05, 3.63) is 35.9 Å². The molecule has 1 saturated carbocycles. The zero-order valence-corrected chi connectivity index (χ0v) is 13.1. The van der Waals surface area contributed by atoms with Crippen LogP contribution >= 0.6 is 0 Å². The van der Waals surface area contributed by atoms with Gasteiger partial charge in [0.25, 0.3) is 0 Å². The maximum absolute atomic E-state index is 12.5. The van der Waals surface area contributed by atoms with Gasteiger partial charge in [-0.25, -0.2) is 0 Å². The van der Waals surface area contributed by atoms with Crippen LogP contribution in [0.25, 0.3) is 0 Å². The molecule has 3 atom stereocenters. The van der Waals surface area contributed by atoms with E-state index in [1.54, 1.807) is 0 Å². The highest BCUT2D eigenvalue weighted by Crippen LogP contribution is 2.28. The maximum atomic E-state index is 12.5. The molecule has 0 unspecified atom stereocenters. The van der Waals surface area contributed by atoms with Gasteiger partial charge in [-0.15, -0.1) is 0 Å². The Morgan fingerprint density at radius 1 is 1.23 bits per heavy atom. The van der Waals surface area contributed by atoms with Gasteiger partial charge >= 0.3 is 0 Å². The van der Waals surface area contributed by atoms with Crippen molar-refractivity contribution >= 4 is 5.91 Å². The Hall–Kier alpha value is -1.39. The standard InChI is InChI=1S/C18H26N2O2/c19-17-8-4-7-16(17)18(21)20-10-9-15(11-20)13-22-12-14-5-2-1-3-6-14/h1-3,5-6,15-17H,4,7-13,19H2/t15-,16-,17+/m0/s1. The molecule has 2 fully saturated rings. The number of likely N-dealkylation sites (tertiary alicyclic amines) is 1. The first-order chi connectivity index (χ1) is 10.7. The number of ether oxygens (including phenoxy) is 1. The Balaban J connectivity index is 1.41. The van der Waals surface area contributed by atoms with Crippen LogP contribution in [-0.4, -0.2) is 36.5 Å². The highest BCUT2D eigenvalue weighted by Gasteiger charge is 2.36. The number of hydrogen-bond donors (Lipinski definition) is 1. The number of hydrogen-bond acceptors (Lipinski definition) is 3. The molecule has 1 aromatic rings. The summed E-state index contributed by atoms with van der Waals surface area (Å²) in [6.45, 7) is 3.08. The van der Waals surface area contributed by atoms with Crippen LogP contribution in [0.1, 0.15) is 31.2 Å². The van der Waals surface area contributed by atoms with E-state index < -0.39 is 0 Å². The van der Waals surface area contributed by atoms with Gasteiger partial charge in [-0.3, -0.25) is 4.79 Å². The lowest BCUT2D eigenvalue weighted by Gasteiger charge is -2.23. The summed E-state index contributed by atoms with van der Waals surface area (Å²) >= 11 is 0. The Morgan fingerprint density at radius 2 is 2.05 bits per heavy atom. The zero-order chi connectivity index (χ0) is 15.4. The lowest BCUT2D eigenvalue weighted by Crippen LogP contribution is -2.40. The average Bonchev–Trinajstić information content (AvgIpc) is 3.17. The largest absolute Gasteiger partial charge is 0.376 e. The third kappa shape index (κ3) is 3.68. The van der Waals surface area contributed by atoms with Crippen molar-refractivity contribution < 1.29 is 9.53 Å². The molecule has 2 aliphatic rings. The van der Waals surface area contributed by atoms with E-state index in [4.69, 9.17) is 10.5 Å². The zero-order valence-electron chi connectivity index (χ0n) is 13.1. The molecule has 1 heterocycles. The van der Waals surface area contributed by atoms with Crippen molar-refractivity contribution in [2.45, 2.75) is 38.3 Å². The third-order valence-corrected chi connectivity index (χ3v) is 4.95. The Kier molecular flexibility index (Phi) is 5.11. The van der Waals surface area contributed by atoms with Crippen molar-refractivity contribution in [3.63, 3.8) is 0 Å². The van der Waals surface area contributed by atoms with E-state index in [2.05, 4.69) is 12.1 Å². The van der Waals surface area contributed by atoms with Crippen LogP contribution in [0.15, 0.2) is 30.3 Å². The van der Waals surface area contributed by atoms with Gasteiger partial charge in [-0.2, -0.15) is 0 Å². The summed E-state index contributed by atoms with van der Waals surface area (Å²) in [7, 11) is 0. The van der Waals surface area contributed by atoms with Crippen LogP contribution in [0.4, 0.5) is 0 Å². The predicted molar refractivity (Wildman–Crippen MR) is 86.1 cm³/mol. The van der Waals surface area contributed by atoms with Crippen molar-refractivity contribution in [2.24, 2.45) is 17.6 Å². The van der Waals surface area contributed by atoms with Crippen molar-refractivity contribution in [2.75, 3.05) is 19.7 Å². The quantitative estimate of drug-likeness (QED) is 0.907. The van der Waals surface area contributed by atoms with E-state index in [-0.39, 0.29) is 17.9 Å². The van der Waals surface area contributed by atoms with Crippen molar-refractivity contribution in [1.29, 1.82) is 0 Å². The molecule has 1 aliphatic carbocycles. The van der Waals surface area contributed by atoms with Crippen molar-refractivity contribution in [1.82, 2.24) is 4.90 Å². The molecule has 0 bridgehead atoms. The summed E-state index contributed by atoms with van der Waals surface area (Å²) in [5.41, 5.74) is 7.25. The molecule has 22 heavy (non-hydrogen) atoms. The fourth-order valence-corrected chi connectivity index (χ4v) is 3.62. The number of nitrogens with zero attached hydrogens (tertiary/aromatic N) is 1. The summed E-state index contributed by atoms with van der Waals surface area (Å²) in [5, 5.41) is 0. The topological polar surface area (TPSA) is 55.6 Å². The van der Waals surface area contributed by atoms with E-state index in [1.165, 1.54) is 5.56 Å². The van der Waals surface area contributed by atoms with Crippen LogP contribution < -0.4 is 5.73 Å². The second kappa shape index (κ2) is 7.25. The molecule has 0 aromatic heterocycles. The van der Waals surface area contributed by atoms with Crippen LogP contribution in [0, 0.1) is 11.8 Å². The maximum Gasteiger partial charge on any atom is 0.227 e. The molecule has 4 nitrogen and oxygen atoms in total. The van der Waals surface area contributed by atoms with Gasteiger partial charge in [0.1, 0.15) is 0 Å². The summed E-state index contributed by atoms with van der Waals surface area (Å²) in [5.74, 6) is 0.796. The first-order valence-corrected chi connectivity index (χ1v) is 8.40. The molecule has 3 rings (SSSR count). The van der Waals surface area contributed by atoms with Crippen LogP contribution in [0.3, 0.4) is 0 Å². The smallest absolute Gasteiger partial charge is 0.227 e. The van der Waals surface area contributed by atoms with E-state index in [0.29, 0.717) is 12.5 Å². The Morgan fingerprint density at radius 3 is 2.77 bits per heavy atom. The molecular formula is C18H26N2O2. The second-order valence-electron chi connectivity index (χ2n) is 6.64. The highest BCUT2D eigenvalue weighted by atomic mass is 16.5. The summed E-state index contributed by atoms with van der Waals surface area (Å²) in [4.78, 5) is 14.5. The van der Waals surface area contributed by atoms with E-state index in [9.17, 15) is 4.79 Å². The molecule has 1 aromatic carbocycles. The lowest BCUT2D eigenvalue weighted by atomic mass is 10.0. The number of carbonyl (C=O) groups is 1. The fraction of sp³-hybridized carbons (Fsp3) is 0.611. The number of carbonyl (C=O) groups excluding carboxylic acids is 1. The van der Waals surface area contributed by atoms with E-state index in [1.807, 2.05) is 23.1 Å². The first-order valence-electron chi connectivity index (χ1n) is 8.40. The molecule has 1 saturated heterocycles. The molecule has 1 amide bonds. The van der Waals surface area contributed by atoms with Gasteiger partial charge in [0.05, 0.1) is 19.1 Å². The molecule has 1 aliphatic heterocycles. The minimum absolute atomic E-state index is 0.0592. The number of benzene rings is 1. The Bertz CT molecular complexity index is 491. The second-order valence-corrected chi connectivity index (χ2v) is 6.64. The van der Waals surface area contributed by atoms with E-state index >= 15 is 0 Å². The molecule has 4 heteroatoms. The summed E-state index contributed by atoms with van der Waals surface area (Å²) < 4.78 is 5.82. The number of nitrogens with two attached hydrogens (primary N) is 1. The van der Waals surface area contributed by atoms with Gasteiger partial charge in [-0.1, -0.05) is 36.8 Å². The minimum atomic E-state index is 0.0592. The summed E-state index contributed by atoms with van der Waals surface area (Å²) in [6.07, 6.45) is 4.09. The normalized spacial score (nSPS) is 28.2. The van der Waals surface area contributed by atoms with Crippen LogP contribution in [-0.2, 0) is 16.1 Å². The highest BCUT2D eigenvalue weighted by molar-refractivity contribution is 5.80. The van der Waals surface area contributed by atoms with Gasteiger partial charge in [0.15, 0.2) is 0 Å². The van der Waals surface area contributed by atoms with Gasteiger partial charge in [0, 0.05) is 25.0 Å². The van der Waals surface area contributed by atoms with Gasteiger partial charge < -0.3 is 15.4 Å². The predicted octanol–water partition coefficient (Wildman–Crippen LogP) is 2.18. The first kappa shape index (κ1) is 15.5. The van der Waals surface area contributed by atoms with Gasteiger partial charge in [-0.05, 0) is 24.8 Å².